The van der Waals surface area contributed by atoms with Crippen molar-refractivity contribution in [1.29, 1.82) is 5.26 Å². The second kappa shape index (κ2) is 11.8. The minimum atomic E-state index is 0.303. The van der Waals surface area contributed by atoms with Crippen LogP contribution in [0.4, 0.5) is 5.69 Å². The van der Waals surface area contributed by atoms with E-state index in [-0.39, 0.29) is 0 Å². The van der Waals surface area contributed by atoms with Gasteiger partial charge in [0.05, 0.1) is 32.1 Å². The molecular formula is C19H23N3O4S. The lowest BCUT2D eigenvalue weighted by Crippen LogP contribution is -2.00. The number of hydrogen-bond acceptors (Lipinski definition) is 8. The Balaban J connectivity index is 0.000000289. The van der Waals surface area contributed by atoms with E-state index in [1.807, 2.05) is 13.0 Å². The molecule has 0 bridgehead atoms. The summed E-state index contributed by atoms with van der Waals surface area (Å²) in [6.07, 6.45) is 0.797. The van der Waals surface area contributed by atoms with Gasteiger partial charge in [0.15, 0.2) is 11.5 Å². The summed E-state index contributed by atoms with van der Waals surface area (Å²) < 4.78 is 15.0. The first-order valence-electron chi connectivity index (χ1n) is 7.94. The Morgan fingerprint density at radius 1 is 1.22 bits per heavy atom. The zero-order valence-corrected chi connectivity index (χ0v) is 16.6. The summed E-state index contributed by atoms with van der Waals surface area (Å²) in [6, 6.07) is 9.19. The highest BCUT2D eigenvalue weighted by atomic mass is 32.2. The number of ether oxygens (including phenoxy) is 3. The van der Waals surface area contributed by atoms with E-state index in [1.165, 1.54) is 11.8 Å². The quantitative estimate of drug-likeness (QED) is 0.437. The number of hydrogen-bond donors (Lipinski definition) is 1. The number of rotatable bonds is 7. The van der Waals surface area contributed by atoms with Crippen LogP contribution in [0.2, 0.25) is 0 Å². The lowest BCUT2D eigenvalue weighted by atomic mass is 10.1. The molecule has 2 aromatic rings. The van der Waals surface area contributed by atoms with Gasteiger partial charge in [0, 0.05) is 24.6 Å². The largest absolute Gasteiger partial charge is 0.493 e. The summed E-state index contributed by atoms with van der Waals surface area (Å²) in [5.41, 5.74) is 8.32. The standard InChI is InChI=1S/C11H12N2O2S.C8H11NO2/c1-8-5-9(7-15-2)10(6-12)11(13-8)16-4-3-14;1-10-7-4-3-6(9)5-8(7)11-2/h3,5H,4,7H2,1-2H3;3-5H,9H2,1-2H3. The first kappa shape index (κ1) is 22.3. The maximum atomic E-state index is 10.3. The number of aldehydes is 1. The Morgan fingerprint density at radius 3 is 2.48 bits per heavy atom. The van der Waals surface area contributed by atoms with E-state index in [0.29, 0.717) is 40.1 Å². The van der Waals surface area contributed by atoms with Crippen molar-refractivity contribution in [1.82, 2.24) is 4.98 Å². The lowest BCUT2D eigenvalue weighted by Gasteiger charge is -2.08. The second-order valence-electron chi connectivity index (χ2n) is 5.24. The van der Waals surface area contributed by atoms with Crippen molar-refractivity contribution in [3.05, 3.63) is 41.1 Å². The Morgan fingerprint density at radius 2 is 1.93 bits per heavy atom. The van der Waals surface area contributed by atoms with Crippen molar-refractivity contribution >= 4 is 23.7 Å². The number of thioether (sulfide) groups is 1. The monoisotopic (exact) mass is 389 g/mol. The molecule has 1 aromatic carbocycles. The van der Waals surface area contributed by atoms with Gasteiger partial charge in [0.25, 0.3) is 0 Å². The first-order chi connectivity index (χ1) is 13.0. The van der Waals surface area contributed by atoms with Crippen molar-refractivity contribution in [2.75, 3.05) is 32.8 Å². The van der Waals surface area contributed by atoms with Crippen LogP contribution in [0, 0.1) is 18.3 Å². The minimum absolute atomic E-state index is 0.303. The summed E-state index contributed by atoms with van der Waals surface area (Å²) >= 11 is 1.27. The summed E-state index contributed by atoms with van der Waals surface area (Å²) in [5, 5.41) is 9.67. The molecule has 0 atom stereocenters. The Bertz CT molecular complexity index is 806. The molecule has 0 aliphatic carbocycles. The van der Waals surface area contributed by atoms with Crippen LogP contribution in [0.1, 0.15) is 16.8 Å². The fourth-order valence-electron chi connectivity index (χ4n) is 2.17. The van der Waals surface area contributed by atoms with E-state index in [2.05, 4.69) is 11.1 Å². The Hall–Kier alpha value is -2.76. The number of carbonyl (C=O) groups excluding carboxylic acids is 1. The average Bonchev–Trinajstić information content (AvgIpc) is 2.66. The molecule has 144 valence electrons. The Labute approximate surface area is 163 Å². The maximum Gasteiger partial charge on any atom is 0.162 e. The average molecular weight is 389 g/mol. The van der Waals surface area contributed by atoms with Crippen molar-refractivity contribution in [2.24, 2.45) is 0 Å². The molecule has 0 saturated carbocycles. The van der Waals surface area contributed by atoms with Crippen LogP contribution in [0.5, 0.6) is 11.5 Å². The van der Waals surface area contributed by atoms with Gasteiger partial charge in [-0.15, -0.1) is 0 Å². The molecule has 0 unspecified atom stereocenters. The third-order valence-electron chi connectivity index (χ3n) is 3.30. The number of aromatic nitrogens is 1. The van der Waals surface area contributed by atoms with Crippen LogP contribution < -0.4 is 15.2 Å². The summed E-state index contributed by atoms with van der Waals surface area (Å²) in [6.45, 7) is 2.23. The van der Waals surface area contributed by atoms with Gasteiger partial charge in [-0.25, -0.2) is 4.98 Å². The van der Waals surface area contributed by atoms with Crippen molar-refractivity contribution in [3.8, 4) is 17.6 Å². The number of nitrogens with two attached hydrogens (primary N) is 1. The van der Waals surface area contributed by atoms with E-state index in [4.69, 9.17) is 25.2 Å². The van der Waals surface area contributed by atoms with Gasteiger partial charge in [0.1, 0.15) is 17.4 Å². The Kier molecular flexibility index (Phi) is 9.72. The van der Waals surface area contributed by atoms with Gasteiger partial charge in [0.2, 0.25) is 0 Å². The number of anilines is 1. The number of nitrogens with zero attached hydrogens (tertiary/aromatic N) is 2. The molecule has 1 heterocycles. The summed E-state index contributed by atoms with van der Waals surface area (Å²) in [4.78, 5) is 14.6. The first-order valence-corrected chi connectivity index (χ1v) is 8.92. The number of pyridine rings is 1. The number of methoxy groups -OCH3 is 3. The molecule has 2 N–H and O–H groups in total. The molecule has 0 fully saturated rings. The maximum absolute atomic E-state index is 10.3. The predicted molar refractivity (Wildman–Crippen MR) is 105 cm³/mol. The van der Waals surface area contributed by atoms with Gasteiger partial charge < -0.3 is 24.7 Å². The van der Waals surface area contributed by atoms with E-state index < -0.39 is 0 Å². The number of nitriles is 1. The fraction of sp³-hybridized carbons (Fsp3) is 0.316. The third kappa shape index (κ3) is 6.81. The highest BCUT2D eigenvalue weighted by Gasteiger charge is 2.11. The summed E-state index contributed by atoms with van der Waals surface area (Å²) in [7, 11) is 4.75. The number of benzene rings is 1. The van der Waals surface area contributed by atoms with Crippen molar-refractivity contribution in [3.63, 3.8) is 0 Å². The van der Waals surface area contributed by atoms with Crippen LogP contribution in [0.25, 0.3) is 0 Å². The van der Waals surface area contributed by atoms with Gasteiger partial charge in [-0.1, -0.05) is 11.8 Å². The van der Waals surface area contributed by atoms with Crippen molar-refractivity contribution < 1.29 is 19.0 Å². The molecule has 0 amide bonds. The van der Waals surface area contributed by atoms with Crippen molar-refractivity contribution in [2.45, 2.75) is 18.6 Å². The molecule has 27 heavy (non-hydrogen) atoms. The molecule has 0 aliphatic heterocycles. The molecule has 1 aromatic heterocycles. The third-order valence-corrected chi connectivity index (χ3v) is 4.17. The zero-order chi connectivity index (χ0) is 20.2. The number of aryl methyl sites for hydroxylation is 1. The van der Waals surface area contributed by atoms with Gasteiger partial charge in [-0.3, -0.25) is 0 Å². The minimum Gasteiger partial charge on any atom is -0.493 e. The van der Waals surface area contributed by atoms with Crippen LogP contribution in [0.15, 0.2) is 29.3 Å². The predicted octanol–water partition coefficient (Wildman–Crippen LogP) is 2.99. The molecule has 0 saturated heterocycles. The van der Waals surface area contributed by atoms with Crippen LogP contribution in [-0.4, -0.2) is 38.4 Å². The van der Waals surface area contributed by atoms with Gasteiger partial charge >= 0.3 is 0 Å². The molecule has 7 nitrogen and oxygen atoms in total. The SMILES string of the molecule is COCc1cc(C)nc(SCC=O)c1C#N.COc1ccc(N)cc1OC. The molecule has 0 spiro atoms. The van der Waals surface area contributed by atoms with E-state index in [1.54, 1.807) is 39.5 Å². The fourth-order valence-corrected chi connectivity index (χ4v) is 2.92. The molecule has 2 rings (SSSR count). The van der Waals surface area contributed by atoms with Crippen LogP contribution in [0.3, 0.4) is 0 Å². The molecule has 0 radical (unpaired) electrons. The van der Waals surface area contributed by atoms with Gasteiger partial charge in [-0.2, -0.15) is 5.26 Å². The zero-order valence-electron chi connectivity index (χ0n) is 15.8. The van der Waals surface area contributed by atoms with E-state index in [9.17, 15) is 4.79 Å². The van der Waals surface area contributed by atoms with Gasteiger partial charge in [-0.05, 0) is 30.7 Å². The normalized spacial score (nSPS) is 9.59. The van der Waals surface area contributed by atoms with E-state index >= 15 is 0 Å². The topological polar surface area (TPSA) is 107 Å². The number of nitrogen functional groups attached to an aromatic ring is 1. The number of carbonyl (C=O) groups is 1. The molecular weight excluding hydrogens is 366 g/mol. The van der Waals surface area contributed by atoms with E-state index in [0.717, 1.165) is 17.5 Å². The molecule has 8 heteroatoms. The lowest BCUT2D eigenvalue weighted by molar-refractivity contribution is -0.105. The smallest absolute Gasteiger partial charge is 0.162 e. The molecule has 0 aliphatic rings. The van der Waals surface area contributed by atoms with Crippen LogP contribution >= 0.6 is 11.8 Å². The van der Waals surface area contributed by atoms with Crippen LogP contribution in [-0.2, 0) is 16.1 Å². The second-order valence-corrected chi connectivity index (χ2v) is 6.25. The highest BCUT2D eigenvalue weighted by Crippen LogP contribution is 2.28. The summed E-state index contributed by atoms with van der Waals surface area (Å²) in [5.74, 6) is 1.66. The highest BCUT2D eigenvalue weighted by molar-refractivity contribution is 7.99.